The molecule has 0 saturated carbocycles. The monoisotopic (exact) mass is 409 g/mol. The zero-order valence-corrected chi connectivity index (χ0v) is 15.5. The molecule has 5 nitrogen and oxygen atoms in total. The van der Waals surface area contributed by atoms with Gasteiger partial charge in [0.25, 0.3) is 0 Å². The van der Waals surface area contributed by atoms with Gasteiger partial charge in [-0.05, 0) is 30.7 Å². The van der Waals surface area contributed by atoms with E-state index in [0.717, 1.165) is 37.1 Å². The molecule has 0 amide bonds. The largest absolute Gasteiger partial charge is 0.314 e. The van der Waals surface area contributed by atoms with Crippen molar-refractivity contribution in [2.45, 2.75) is 17.4 Å². The molecule has 0 aliphatic carbocycles. The van der Waals surface area contributed by atoms with E-state index in [1.165, 1.54) is 0 Å². The van der Waals surface area contributed by atoms with Crippen molar-refractivity contribution in [3.05, 3.63) is 28.7 Å². The highest BCUT2D eigenvalue weighted by molar-refractivity contribution is 9.10. The van der Waals surface area contributed by atoms with Gasteiger partial charge < -0.3 is 5.32 Å². The van der Waals surface area contributed by atoms with Crippen LogP contribution in [-0.2, 0) is 10.0 Å². The topological polar surface area (TPSA) is 52.7 Å². The molecule has 1 aromatic rings. The van der Waals surface area contributed by atoms with Crippen LogP contribution in [0.2, 0.25) is 0 Å². The number of piperazine rings is 1. The number of benzene rings is 1. The molecule has 2 fully saturated rings. The van der Waals surface area contributed by atoms with Gasteiger partial charge in [-0.2, -0.15) is 4.31 Å². The summed E-state index contributed by atoms with van der Waals surface area (Å²) in [6, 6.07) is 7.24. The van der Waals surface area contributed by atoms with Crippen LogP contribution < -0.4 is 5.32 Å². The van der Waals surface area contributed by atoms with Crippen molar-refractivity contribution in [1.82, 2.24) is 14.5 Å². The molecule has 1 N–H and O–H groups in total. The maximum absolute atomic E-state index is 12.7. The molecule has 1 unspecified atom stereocenters. The van der Waals surface area contributed by atoms with Crippen LogP contribution in [0.15, 0.2) is 33.6 Å². The molecule has 1 aromatic carbocycles. The van der Waals surface area contributed by atoms with Gasteiger partial charge in [-0.25, -0.2) is 8.42 Å². The number of nitrogens with zero attached hydrogens (tertiary/aromatic N) is 2. The van der Waals surface area contributed by atoms with E-state index in [-0.39, 0.29) is 12.4 Å². The van der Waals surface area contributed by atoms with Crippen LogP contribution in [0.5, 0.6) is 0 Å². The van der Waals surface area contributed by atoms with Crippen LogP contribution in [0, 0.1) is 0 Å². The number of hydrogen-bond donors (Lipinski definition) is 1. The van der Waals surface area contributed by atoms with E-state index >= 15 is 0 Å². The number of nitrogens with one attached hydrogen (secondary N) is 1. The summed E-state index contributed by atoms with van der Waals surface area (Å²) in [5.41, 5.74) is 0. The molecule has 1 atom stereocenters. The lowest BCUT2D eigenvalue weighted by molar-refractivity contribution is 0.179. The van der Waals surface area contributed by atoms with E-state index in [9.17, 15) is 8.42 Å². The van der Waals surface area contributed by atoms with Crippen molar-refractivity contribution < 1.29 is 8.42 Å². The summed E-state index contributed by atoms with van der Waals surface area (Å²) in [5, 5.41) is 3.33. The van der Waals surface area contributed by atoms with Gasteiger partial charge in [0, 0.05) is 49.8 Å². The molecule has 8 heteroatoms. The molecule has 2 aliphatic rings. The van der Waals surface area contributed by atoms with Crippen LogP contribution >= 0.6 is 28.3 Å². The Kier molecular flexibility index (Phi) is 6.27. The van der Waals surface area contributed by atoms with Crippen LogP contribution in [-0.4, -0.2) is 62.9 Å². The first-order valence-electron chi connectivity index (χ1n) is 7.28. The van der Waals surface area contributed by atoms with E-state index in [1.54, 1.807) is 28.6 Å². The Bertz CT molecular complexity index is 591. The number of hydrogen-bond acceptors (Lipinski definition) is 4. The van der Waals surface area contributed by atoms with Gasteiger partial charge in [-0.15, -0.1) is 12.4 Å². The zero-order chi connectivity index (χ0) is 14.9. The SMILES string of the molecule is Cl.O=S(=O)(c1ccc(Br)cc1)N1CCC(N2CCNCC2)C1. The zero-order valence-electron chi connectivity index (χ0n) is 12.2. The van der Waals surface area contributed by atoms with E-state index in [0.29, 0.717) is 24.0 Å². The maximum Gasteiger partial charge on any atom is 0.243 e. The number of sulfonamides is 1. The van der Waals surface area contributed by atoms with Gasteiger partial charge in [0.15, 0.2) is 0 Å². The van der Waals surface area contributed by atoms with Crippen LogP contribution in [0.3, 0.4) is 0 Å². The van der Waals surface area contributed by atoms with E-state index in [4.69, 9.17) is 0 Å². The predicted molar refractivity (Wildman–Crippen MR) is 93.0 cm³/mol. The van der Waals surface area contributed by atoms with Gasteiger partial charge in [0.2, 0.25) is 10.0 Å². The Balaban J connectivity index is 0.00000176. The van der Waals surface area contributed by atoms with Crippen LogP contribution in [0.25, 0.3) is 0 Å². The van der Waals surface area contributed by atoms with E-state index in [2.05, 4.69) is 26.1 Å². The van der Waals surface area contributed by atoms with Crippen molar-refractivity contribution in [2.75, 3.05) is 39.3 Å². The lowest BCUT2D eigenvalue weighted by Gasteiger charge is -2.32. The van der Waals surface area contributed by atoms with Gasteiger partial charge in [0.05, 0.1) is 4.90 Å². The van der Waals surface area contributed by atoms with Crippen molar-refractivity contribution >= 4 is 38.4 Å². The minimum absolute atomic E-state index is 0. The highest BCUT2D eigenvalue weighted by Gasteiger charge is 2.35. The molecule has 0 aromatic heterocycles. The molecule has 22 heavy (non-hydrogen) atoms. The normalized spacial score (nSPS) is 24.1. The highest BCUT2D eigenvalue weighted by atomic mass is 79.9. The summed E-state index contributed by atoms with van der Waals surface area (Å²) in [6.45, 7) is 5.24. The van der Waals surface area contributed by atoms with Crippen LogP contribution in [0.1, 0.15) is 6.42 Å². The molecule has 0 bridgehead atoms. The first-order chi connectivity index (χ1) is 10.1. The third-order valence-electron chi connectivity index (χ3n) is 4.25. The molecule has 0 radical (unpaired) electrons. The first kappa shape index (κ1) is 18.2. The fourth-order valence-electron chi connectivity index (χ4n) is 3.03. The van der Waals surface area contributed by atoms with Crippen molar-refractivity contribution in [2.24, 2.45) is 0 Å². The Morgan fingerprint density at radius 3 is 2.36 bits per heavy atom. The van der Waals surface area contributed by atoms with Gasteiger partial charge in [0.1, 0.15) is 0 Å². The lowest BCUT2D eigenvalue weighted by atomic mass is 10.2. The molecule has 2 aliphatic heterocycles. The summed E-state index contributed by atoms with van der Waals surface area (Å²) in [5.74, 6) is 0. The highest BCUT2D eigenvalue weighted by Crippen LogP contribution is 2.24. The summed E-state index contributed by atoms with van der Waals surface area (Å²) in [7, 11) is -3.36. The third kappa shape index (κ3) is 3.83. The molecule has 124 valence electrons. The molecule has 3 rings (SSSR count). The summed E-state index contributed by atoms with van der Waals surface area (Å²) >= 11 is 3.34. The van der Waals surface area contributed by atoms with Gasteiger partial charge in [-0.1, -0.05) is 15.9 Å². The number of halogens is 2. The summed E-state index contributed by atoms with van der Waals surface area (Å²) in [4.78, 5) is 2.79. The fourth-order valence-corrected chi connectivity index (χ4v) is 4.79. The second-order valence-electron chi connectivity index (χ2n) is 5.55. The lowest BCUT2D eigenvalue weighted by Crippen LogP contribution is -2.49. The van der Waals surface area contributed by atoms with Gasteiger partial charge >= 0.3 is 0 Å². The Labute approximate surface area is 146 Å². The van der Waals surface area contributed by atoms with Gasteiger partial charge in [-0.3, -0.25) is 4.90 Å². The summed E-state index contributed by atoms with van der Waals surface area (Å²) < 4.78 is 27.8. The Hall–Kier alpha value is -0.180. The Morgan fingerprint density at radius 1 is 1.09 bits per heavy atom. The van der Waals surface area contributed by atoms with Crippen molar-refractivity contribution in [3.8, 4) is 0 Å². The Morgan fingerprint density at radius 2 is 1.73 bits per heavy atom. The maximum atomic E-state index is 12.7. The first-order valence-corrected chi connectivity index (χ1v) is 9.51. The molecular weight excluding hydrogens is 390 g/mol. The quantitative estimate of drug-likeness (QED) is 0.821. The predicted octanol–water partition coefficient (Wildman–Crippen LogP) is 1.54. The third-order valence-corrected chi connectivity index (χ3v) is 6.65. The van der Waals surface area contributed by atoms with Crippen LogP contribution in [0.4, 0.5) is 0 Å². The average molecular weight is 411 g/mol. The fraction of sp³-hybridized carbons (Fsp3) is 0.571. The summed E-state index contributed by atoms with van der Waals surface area (Å²) in [6.07, 6.45) is 0.926. The van der Waals surface area contributed by atoms with E-state index in [1.807, 2.05) is 0 Å². The second kappa shape index (κ2) is 7.59. The van der Waals surface area contributed by atoms with Crippen molar-refractivity contribution in [1.29, 1.82) is 0 Å². The number of rotatable bonds is 3. The average Bonchev–Trinajstić information content (AvgIpc) is 2.99. The smallest absolute Gasteiger partial charge is 0.243 e. The van der Waals surface area contributed by atoms with Crippen molar-refractivity contribution in [3.63, 3.8) is 0 Å². The molecule has 0 spiro atoms. The molecule has 2 heterocycles. The van der Waals surface area contributed by atoms with E-state index < -0.39 is 10.0 Å². The minimum Gasteiger partial charge on any atom is -0.314 e. The molecule has 2 saturated heterocycles. The second-order valence-corrected chi connectivity index (χ2v) is 8.40. The molecular formula is C14H21BrClN3O2S. The standard InChI is InChI=1S/C14H20BrN3O2S.ClH/c15-12-1-3-14(4-2-12)21(19,20)18-8-5-13(11-18)17-9-6-16-7-10-17;/h1-4,13,16H,5-11H2;1H. The minimum atomic E-state index is -3.36.